The molecule has 2 heterocycles. The summed E-state index contributed by atoms with van der Waals surface area (Å²) < 4.78 is 5.51. The summed E-state index contributed by atoms with van der Waals surface area (Å²) >= 11 is 0. The highest BCUT2D eigenvalue weighted by molar-refractivity contribution is 4.89. The molecule has 0 radical (unpaired) electrons. The van der Waals surface area contributed by atoms with Crippen molar-refractivity contribution in [2.24, 2.45) is 17.1 Å². The van der Waals surface area contributed by atoms with Gasteiger partial charge in [-0.25, -0.2) is 0 Å². The fourth-order valence-electron chi connectivity index (χ4n) is 2.86. The minimum atomic E-state index is 0.266. The molecular weight excluding hydrogens is 188 g/mol. The van der Waals surface area contributed by atoms with Crippen molar-refractivity contribution in [2.45, 2.75) is 26.2 Å². The van der Waals surface area contributed by atoms with Gasteiger partial charge in [-0.3, -0.25) is 0 Å². The van der Waals surface area contributed by atoms with Crippen molar-refractivity contribution in [3.05, 3.63) is 0 Å². The molecule has 3 nitrogen and oxygen atoms in total. The van der Waals surface area contributed by atoms with Crippen LogP contribution in [0.4, 0.5) is 0 Å². The largest absolute Gasteiger partial charge is 0.381 e. The van der Waals surface area contributed by atoms with Crippen LogP contribution in [-0.4, -0.2) is 44.3 Å². The Morgan fingerprint density at radius 1 is 1.53 bits per heavy atom. The number of hydrogen-bond donors (Lipinski definition) is 1. The molecule has 2 unspecified atom stereocenters. The molecule has 2 atom stereocenters. The van der Waals surface area contributed by atoms with E-state index < -0.39 is 0 Å². The summed E-state index contributed by atoms with van der Waals surface area (Å²) in [5, 5.41) is 0. The van der Waals surface area contributed by atoms with Crippen LogP contribution in [0.3, 0.4) is 0 Å². The molecule has 0 aliphatic carbocycles. The normalized spacial score (nSPS) is 37.6. The monoisotopic (exact) mass is 212 g/mol. The summed E-state index contributed by atoms with van der Waals surface area (Å²) in [5.74, 6) is 0.919. The summed E-state index contributed by atoms with van der Waals surface area (Å²) in [5.41, 5.74) is 6.17. The molecule has 15 heavy (non-hydrogen) atoms. The lowest BCUT2D eigenvalue weighted by Gasteiger charge is -2.30. The van der Waals surface area contributed by atoms with E-state index in [4.69, 9.17) is 10.5 Å². The average molecular weight is 212 g/mol. The first kappa shape index (κ1) is 11.4. The Bertz CT molecular complexity index is 202. The number of ether oxygens (including phenoxy) is 1. The van der Waals surface area contributed by atoms with Crippen LogP contribution < -0.4 is 5.73 Å². The van der Waals surface area contributed by atoms with E-state index in [0.717, 1.165) is 38.6 Å². The third-order valence-electron chi connectivity index (χ3n) is 4.12. The van der Waals surface area contributed by atoms with Gasteiger partial charge in [-0.05, 0) is 25.3 Å². The zero-order chi connectivity index (χ0) is 10.7. The van der Waals surface area contributed by atoms with Gasteiger partial charge in [0.15, 0.2) is 0 Å². The van der Waals surface area contributed by atoms with E-state index in [-0.39, 0.29) is 5.41 Å². The number of hydrogen-bond acceptors (Lipinski definition) is 3. The maximum absolute atomic E-state index is 5.91. The molecular formula is C12H24N2O. The van der Waals surface area contributed by atoms with Gasteiger partial charge in [0, 0.05) is 31.7 Å². The predicted octanol–water partition coefficient (Wildman–Crippen LogP) is 1.08. The van der Waals surface area contributed by atoms with Crippen LogP contribution in [-0.2, 0) is 4.74 Å². The van der Waals surface area contributed by atoms with Crippen LogP contribution in [0.5, 0.6) is 0 Å². The Morgan fingerprint density at radius 3 is 2.93 bits per heavy atom. The van der Waals surface area contributed by atoms with Gasteiger partial charge < -0.3 is 15.4 Å². The standard InChI is InChI=1S/C12H24N2O/c1-2-11-3-5-14(7-11)9-12(8-13)4-6-15-10-12/h11H,2-10,13H2,1H3. The van der Waals surface area contributed by atoms with Crippen LogP contribution in [0.2, 0.25) is 0 Å². The minimum absolute atomic E-state index is 0.266. The van der Waals surface area contributed by atoms with Gasteiger partial charge >= 0.3 is 0 Å². The fraction of sp³-hybridized carbons (Fsp3) is 1.00. The van der Waals surface area contributed by atoms with Crippen LogP contribution in [0.15, 0.2) is 0 Å². The highest BCUT2D eigenvalue weighted by Crippen LogP contribution is 2.31. The van der Waals surface area contributed by atoms with E-state index >= 15 is 0 Å². The van der Waals surface area contributed by atoms with Gasteiger partial charge in [-0.15, -0.1) is 0 Å². The molecule has 0 aromatic rings. The van der Waals surface area contributed by atoms with Gasteiger partial charge in [0.05, 0.1) is 6.61 Å². The number of likely N-dealkylation sites (tertiary alicyclic amines) is 1. The van der Waals surface area contributed by atoms with Crippen LogP contribution in [0, 0.1) is 11.3 Å². The number of nitrogens with two attached hydrogens (primary N) is 1. The molecule has 0 aromatic carbocycles. The lowest BCUT2D eigenvalue weighted by Crippen LogP contribution is -2.42. The van der Waals surface area contributed by atoms with E-state index in [9.17, 15) is 0 Å². The Morgan fingerprint density at radius 2 is 2.40 bits per heavy atom. The molecule has 2 aliphatic rings. The summed E-state index contributed by atoms with van der Waals surface area (Å²) in [6.07, 6.45) is 3.84. The van der Waals surface area contributed by atoms with Crippen molar-refractivity contribution in [2.75, 3.05) is 39.4 Å². The fourth-order valence-corrected chi connectivity index (χ4v) is 2.86. The van der Waals surface area contributed by atoms with Gasteiger partial charge in [-0.2, -0.15) is 0 Å². The zero-order valence-electron chi connectivity index (χ0n) is 9.87. The molecule has 0 amide bonds. The van der Waals surface area contributed by atoms with Crippen molar-refractivity contribution in [1.82, 2.24) is 4.90 Å². The second kappa shape index (κ2) is 4.81. The molecule has 2 N–H and O–H groups in total. The Hall–Kier alpha value is -0.120. The first-order chi connectivity index (χ1) is 7.28. The van der Waals surface area contributed by atoms with Gasteiger partial charge in [-0.1, -0.05) is 13.3 Å². The Labute approximate surface area is 93.0 Å². The van der Waals surface area contributed by atoms with Crippen molar-refractivity contribution in [3.63, 3.8) is 0 Å². The molecule has 2 aliphatic heterocycles. The minimum Gasteiger partial charge on any atom is -0.381 e. The molecule has 0 spiro atoms. The SMILES string of the molecule is CCC1CCN(CC2(CN)CCOC2)C1. The highest BCUT2D eigenvalue weighted by atomic mass is 16.5. The lowest BCUT2D eigenvalue weighted by molar-refractivity contribution is 0.123. The molecule has 0 saturated carbocycles. The molecule has 0 aromatic heterocycles. The Kier molecular flexibility index (Phi) is 3.65. The van der Waals surface area contributed by atoms with E-state index in [1.807, 2.05) is 0 Å². The number of nitrogens with zero attached hydrogens (tertiary/aromatic N) is 1. The predicted molar refractivity (Wildman–Crippen MR) is 61.8 cm³/mol. The molecule has 2 fully saturated rings. The van der Waals surface area contributed by atoms with E-state index in [0.29, 0.717) is 0 Å². The summed E-state index contributed by atoms with van der Waals surface area (Å²) in [7, 11) is 0. The van der Waals surface area contributed by atoms with Crippen molar-refractivity contribution in [1.29, 1.82) is 0 Å². The van der Waals surface area contributed by atoms with Crippen LogP contribution in [0.25, 0.3) is 0 Å². The molecule has 88 valence electrons. The first-order valence-electron chi connectivity index (χ1n) is 6.28. The number of rotatable bonds is 4. The quantitative estimate of drug-likeness (QED) is 0.758. The van der Waals surface area contributed by atoms with Crippen LogP contribution >= 0.6 is 0 Å². The second-order valence-corrected chi connectivity index (χ2v) is 5.30. The van der Waals surface area contributed by atoms with Crippen molar-refractivity contribution in [3.8, 4) is 0 Å². The van der Waals surface area contributed by atoms with E-state index in [1.165, 1.54) is 25.9 Å². The average Bonchev–Trinajstić information content (AvgIpc) is 2.88. The molecule has 2 saturated heterocycles. The van der Waals surface area contributed by atoms with Gasteiger partial charge in [0.2, 0.25) is 0 Å². The second-order valence-electron chi connectivity index (χ2n) is 5.30. The first-order valence-corrected chi connectivity index (χ1v) is 6.28. The lowest BCUT2D eigenvalue weighted by atomic mass is 9.87. The maximum Gasteiger partial charge on any atom is 0.0547 e. The summed E-state index contributed by atoms with van der Waals surface area (Å²) in [4.78, 5) is 2.59. The molecule has 3 heteroatoms. The molecule has 0 bridgehead atoms. The van der Waals surface area contributed by atoms with E-state index in [1.54, 1.807) is 0 Å². The summed E-state index contributed by atoms with van der Waals surface area (Å²) in [6, 6.07) is 0. The Balaban J connectivity index is 1.85. The zero-order valence-corrected chi connectivity index (χ0v) is 9.87. The third kappa shape index (κ3) is 2.52. The van der Waals surface area contributed by atoms with Gasteiger partial charge in [0.25, 0.3) is 0 Å². The smallest absolute Gasteiger partial charge is 0.0547 e. The van der Waals surface area contributed by atoms with Crippen molar-refractivity contribution >= 4 is 0 Å². The maximum atomic E-state index is 5.91. The summed E-state index contributed by atoms with van der Waals surface area (Å²) in [6.45, 7) is 8.55. The highest BCUT2D eigenvalue weighted by Gasteiger charge is 2.36. The topological polar surface area (TPSA) is 38.5 Å². The van der Waals surface area contributed by atoms with Crippen LogP contribution in [0.1, 0.15) is 26.2 Å². The third-order valence-corrected chi connectivity index (χ3v) is 4.12. The van der Waals surface area contributed by atoms with E-state index in [2.05, 4.69) is 11.8 Å². The molecule has 2 rings (SSSR count). The van der Waals surface area contributed by atoms with Crippen molar-refractivity contribution < 1.29 is 4.74 Å². The van der Waals surface area contributed by atoms with Gasteiger partial charge in [0.1, 0.15) is 0 Å².